The summed E-state index contributed by atoms with van der Waals surface area (Å²) in [5, 5.41) is 4.04. The van der Waals surface area contributed by atoms with Gasteiger partial charge in [-0.15, -0.1) is 0 Å². The van der Waals surface area contributed by atoms with Gasteiger partial charge < -0.3 is 4.52 Å². The molecule has 1 atom stereocenters. The highest BCUT2D eigenvalue weighted by Gasteiger charge is 2.31. The maximum Gasteiger partial charge on any atom is 0.243 e. The summed E-state index contributed by atoms with van der Waals surface area (Å²) in [6.45, 7) is 7.52. The van der Waals surface area contributed by atoms with E-state index in [4.69, 9.17) is 4.52 Å². The largest absolute Gasteiger partial charge is 0.338 e. The number of carbonyl (C=O) groups excluding carboxylic acids is 1. The standard InChI is InChI=1S/C20H28N4O4S/c1-4-5-6-19-21-20(28-22-19)15(2)23-11-13-24(14-12-23)29(26,27)18-9-7-17(8-10-18)16(3)25/h7-10,15H,4-6,11-14H2,1-3H3. The van der Waals surface area contributed by atoms with Crippen molar-refractivity contribution in [3.05, 3.63) is 41.5 Å². The zero-order valence-corrected chi connectivity index (χ0v) is 18.0. The number of rotatable bonds is 8. The number of nitrogens with zero attached hydrogens (tertiary/aromatic N) is 4. The van der Waals surface area contributed by atoms with E-state index in [-0.39, 0.29) is 16.7 Å². The van der Waals surface area contributed by atoms with Gasteiger partial charge in [0.15, 0.2) is 11.6 Å². The van der Waals surface area contributed by atoms with E-state index in [1.165, 1.54) is 23.4 Å². The molecule has 1 fully saturated rings. The van der Waals surface area contributed by atoms with Crippen LogP contribution < -0.4 is 0 Å². The highest BCUT2D eigenvalue weighted by Crippen LogP contribution is 2.24. The van der Waals surface area contributed by atoms with E-state index in [0.717, 1.165) is 25.1 Å². The fourth-order valence-electron chi connectivity index (χ4n) is 3.37. The molecule has 8 nitrogen and oxygen atoms in total. The van der Waals surface area contributed by atoms with Gasteiger partial charge in [-0.25, -0.2) is 8.42 Å². The number of hydrogen-bond acceptors (Lipinski definition) is 7. The van der Waals surface area contributed by atoms with Crippen molar-refractivity contribution in [1.29, 1.82) is 0 Å². The van der Waals surface area contributed by atoms with Crippen LogP contribution in [0.3, 0.4) is 0 Å². The fraction of sp³-hybridized carbons (Fsp3) is 0.550. The first kappa shape index (κ1) is 21.6. The van der Waals surface area contributed by atoms with Crippen molar-refractivity contribution < 1.29 is 17.7 Å². The molecule has 2 heterocycles. The molecule has 29 heavy (non-hydrogen) atoms. The van der Waals surface area contributed by atoms with Crippen LogP contribution in [0.1, 0.15) is 61.7 Å². The number of aromatic nitrogens is 2. The topological polar surface area (TPSA) is 96.6 Å². The number of Topliss-reactive ketones (excluding diaryl/α,β-unsaturated/α-hetero) is 1. The zero-order valence-electron chi connectivity index (χ0n) is 17.2. The van der Waals surface area contributed by atoms with E-state index >= 15 is 0 Å². The van der Waals surface area contributed by atoms with E-state index < -0.39 is 10.0 Å². The number of piperazine rings is 1. The Hall–Kier alpha value is -2.10. The summed E-state index contributed by atoms with van der Waals surface area (Å²) in [6, 6.07) is 6.05. The van der Waals surface area contributed by atoms with Gasteiger partial charge in [0.2, 0.25) is 15.9 Å². The van der Waals surface area contributed by atoms with Crippen molar-refractivity contribution in [2.24, 2.45) is 0 Å². The first-order valence-electron chi connectivity index (χ1n) is 10.0. The van der Waals surface area contributed by atoms with Crippen LogP contribution >= 0.6 is 0 Å². The third-order valence-corrected chi connectivity index (χ3v) is 7.23. The average molecular weight is 421 g/mol. The van der Waals surface area contributed by atoms with Gasteiger partial charge in [0.05, 0.1) is 10.9 Å². The molecule has 0 aliphatic carbocycles. The second kappa shape index (κ2) is 9.15. The van der Waals surface area contributed by atoms with Crippen LogP contribution in [0, 0.1) is 0 Å². The lowest BCUT2D eigenvalue weighted by molar-refractivity contribution is 0.101. The van der Waals surface area contributed by atoms with E-state index in [9.17, 15) is 13.2 Å². The molecule has 0 bridgehead atoms. The molecular weight excluding hydrogens is 392 g/mol. The number of aryl methyl sites for hydroxylation is 1. The second-order valence-electron chi connectivity index (χ2n) is 7.35. The van der Waals surface area contributed by atoms with Crippen molar-refractivity contribution in [3.8, 4) is 0 Å². The van der Waals surface area contributed by atoms with E-state index in [2.05, 4.69) is 22.0 Å². The molecule has 0 radical (unpaired) electrons. The molecule has 9 heteroatoms. The van der Waals surface area contributed by atoms with Crippen molar-refractivity contribution >= 4 is 15.8 Å². The van der Waals surface area contributed by atoms with Crippen LogP contribution in [-0.2, 0) is 16.4 Å². The molecule has 1 aromatic carbocycles. The Bertz CT molecular complexity index is 932. The van der Waals surface area contributed by atoms with Crippen LogP contribution in [0.2, 0.25) is 0 Å². The van der Waals surface area contributed by atoms with Gasteiger partial charge in [-0.1, -0.05) is 30.6 Å². The van der Waals surface area contributed by atoms with Gasteiger partial charge in [-0.2, -0.15) is 9.29 Å². The van der Waals surface area contributed by atoms with Gasteiger partial charge in [-0.05, 0) is 32.4 Å². The lowest BCUT2D eigenvalue weighted by Crippen LogP contribution is -2.49. The zero-order chi connectivity index (χ0) is 21.0. The first-order chi connectivity index (χ1) is 13.8. The van der Waals surface area contributed by atoms with E-state index in [1.54, 1.807) is 12.1 Å². The van der Waals surface area contributed by atoms with Crippen molar-refractivity contribution in [1.82, 2.24) is 19.3 Å². The highest BCUT2D eigenvalue weighted by atomic mass is 32.2. The van der Waals surface area contributed by atoms with Crippen LogP contribution in [0.5, 0.6) is 0 Å². The predicted octanol–water partition coefficient (Wildman–Crippen LogP) is 2.68. The third kappa shape index (κ3) is 4.91. The van der Waals surface area contributed by atoms with Crippen LogP contribution in [0.4, 0.5) is 0 Å². The molecule has 0 saturated carbocycles. The van der Waals surface area contributed by atoms with Gasteiger partial charge in [0, 0.05) is 38.2 Å². The normalized spacial score (nSPS) is 17.3. The van der Waals surface area contributed by atoms with Crippen LogP contribution in [-0.4, -0.2) is 59.7 Å². The molecule has 0 spiro atoms. The number of unbranched alkanes of at least 4 members (excludes halogenated alkanes) is 1. The predicted molar refractivity (Wildman–Crippen MR) is 108 cm³/mol. The Morgan fingerprint density at radius 2 is 1.83 bits per heavy atom. The Morgan fingerprint density at radius 3 is 2.41 bits per heavy atom. The summed E-state index contributed by atoms with van der Waals surface area (Å²) in [5.41, 5.74) is 0.500. The first-order valence-corrected chi connectivity index (χ1v) is 11.4. The summed E-state index contributed by atoms with van der Waals surface area (Å²) in [5.74, 6) is 1.21. The number of sulfonamides is 1. The number of hydrogen-bond donors (Lipinski definition) is 0. The van der Waals surface area contributed by atoms with E-state index in [1.807, 2.05) is 6.92 Å². The number of benzene rings is 1. The lowest BCUT2D eigenvalue weighted by Gasteiger charge is -2.36. The monoisotopic (exact) mass is 420 g/mol. The number of carbonyl (C=O) groups is 1. The Labute approximate surface area is 171 Å². The molecule has 1 aromatic heterocycles. The van der Waals surface area contributed by atoms with Gasteiger partial charge >= 0.3 is 0 Å². The van der Waals surface area contributed by atoms with Gasteiger partial charge in [0.1, 0.15) is 0 Å². The van der Waals surface area contributed by atoms with Crippen molar-refractivity contribution in [3.63, 3.8) is 0 Å². The smallest absolute Gasteiger partial charge is 0.243 e. The molecule has 1 aliphatic heterocycles. The summed E-state index contributed by atoms with van der Waals surface area (Å²) in [7, 11) is -3.58. The van der Waals surface area contributed by atoms with E-state index in [0.29, 0.717) is 37.6 Å². The Morgan fingerprint density at radius 1 is 1.17 bits per heavy atom. The summed E-state index contributed by atoms with van der Waals surface area (Å²) in [4.78, 5) is 18.2. The second-order valence-corrected chi connectivity index (χ2v) is 9.29. The highest BCUT2D eigenvalue weighted by molar-refractivity contribution is 7.89. The van der Waals surface area contributed by atoms with Crippen molar-refractivity contribution in [2.45, 2.75) is 51.0 Å². The molecule has 1 saturated heterocycles. The summed E-state index contributed by atoms with van der Waals surface area (Å²) < 4.78 is 32.7. The lowest BCUT2D eigenvalue weighted by atomic mass is 10.2. The summed E-state index contributed by atoms with van der Waals surface area (Å²) in [6.07, 6.45) is 2.91. The Kier molecular flexibility index (Phi) is 6.81. The third-order valence-electron chi connectivity index (χ3n) is 5.31. The molecule has 0 amide bonds. The maximum atomic E-state index is 12.9. The van der Waals surface area contributed by atoms with Crippen molar-refractivity contribution in [2.75, 3.05) is 26.2 Å². The number of ketones is 1. The molecule has 3 rings (SSSR count). The maximum absolute atomic E-state index is 12.9. The molecule has 1 aliphatic rings. The SMILES string of the molecule is CCCCc1noc(C(C)N2CCN(S(=O)(=O)c3ccc(C(C)=O)cc3)CC2)n1. The minimum atomic E-state index is -3.58. The quantitative estimate of drug-likeness (QED) is 0.606. The molecule has 2 aromatic rings. The Balaban J connectivity index is 1.61. The minimum Gasteiger partial charge on any atom is -0.338 e. The van der Waals surface area contributed by atoms with Gasteiger partial charge in [0.25, 0.3) is 0 Å². The van der Waals surface area contributed by atoms with Crippen LogP contribution in [0.15, 0.2) is 33.7 Å². The fourth-order valence-corrected chi connectivity index (χ4v) is 4.79. The van der Waals surface area contributed by atoms with Gasteiger partial charge in [-0.3, -0.25) is 9.69 Å². The molecular formula is C20H28N4O4S. The molecule has 1 unspecified atom stereocenters. The molecule has 158 valence electrons. The minimum absolute atomic E-state index is 0.0578. The summed E-state index contributed by atoms with van der Waals surface area (Å²) >= 11 is 0. The molecule has 0 N–H and O–H groups in total. The van der Waals surface area contributed by atoms with Crippen LogP contribution in [0.25, 0.3) is 0 Å². The average Bonchev–Trinajstić information content (AvgIpc) is 3.21.